The molecule has 0 saturated heterocycles. The fourth-order valence-corrected chi connectivity index (χ4v) is 2.88. The Morgan fingerprint density at radius 1 is 1.25 bits per heavy atom. The molecule has 0 unspecified atom stereocenters. The molecule has 0 radical (unpaired) electrons. The molecule has 1 atom stereocenters. The van der Waals surface area contributed by atoms with Crippen LogP contribution in [0, 0.1) is 6.92 Å². The molecule has 3 N–H and O–H groups in total. The molecule has 9 heteroatoms. The molecular weight excluding hydrogens is 384 g/mol. The quantitative estimate of drug-likeness (QED) is 0.585. The molecular formula is C19H17ClN4O4. The summed E-state index contributed by atoms with van der Waals surface area (Å²) in [4.78, 5) is 27.9. The lowest BCUT2D eigenvalue weighted by atomic mass is 9.98. The molecule has 0 aliphatic heterocycles. The molecule has 1 aromatic carbocycles. The van der Waals surface area contributed by atoms with Crippen molar-refractivity contribution >= 4 is 23.5 Å². The first-order valence-corrected chi connectivity index (χ1v) is 8.72. The van der Waals surface area contributed by atoms with Crippen LogP contribution in [-0.4, -0.2) is 36.9 Å². The number of halogens is 1. The van der Waals surface area contributed by atoms with Gasteiger partial charge in [0.25, 0.3) is 5.91 Å². The molecule has 1 amide bonds. The van der Waals surface area contributed by atoms with Crippen LogP contribution in [-0.2, 0) is 4.79 Å². The van der Waals surface area contributed by atoms with Crippen molar-refractivity contribution in [2.24, 2.45) is 0 Å². The van der Waals surface area contributed by atoms with E-state index in [1.807, 2.05) is 19.1 Å². The summed E-state index contributed by atoms with van der Waals surface area (Å²) in [7, 11) is 0. The number of carboxylic acids is 1. The fraction of sp³-hybridized carbons (Fsp3) is 0.158. The highest BCUT2D eigenvalue weighted by Crippen LogP contribution is 2.22. The number of hydrogen-bond donors (Lipinski definition) is 3. The predicted octanol–water partition coefficient (Wildman–Crippen LogP) is 2.88. The van der Waals surface area contributed by atoms with Crippen molar-refractivity contribution in [2.45, 2.75) is 19.4 Å². The predicted molar refractivity (Wildman–Crippen MR) is 102 cm³/mol. The standard InChI is InChI=1S/C19H17ClN4O4/c1-11-4-2-3-5-13(11)14(9-18(26)27)22-19(28)15-8-17(25)24(23-15)16-7-6-12(20)10-21-16/h2-8,10,14,25H,9H2,1H3,(H,22,28)(H,26,27)/t14-/m0/s1. The molecule has 0 spiro atoms. The Balaban J connectivity index is 1.86. The molecule has 3 aromatic rings. The van der Waals surface area contributed by atoms with Gasteiger partial charge in [0.1, 0.15) is 0 Å². The minimum atomic E-state index is -1.05. The molecule has 0 aliphatic rings. The SMILES string of the molecule is Cc1ccccc1[C@H](CC(=O)O)NC(=O)c1cc(O)n(-c2ccc(Cl)cn2)n1. The number of rotatable bonds is 6. The third-order valence-electron chi connectivity index (χ3n) is 4.10. The van der Waals surface area contributed by atoms with E-state index in [0.717, 1.165) is 10.2 Å². The Morgan fingerprint density at radius 2 is 2.00 bits per heavy atom. The van der Waals surface area contributed by atoms with Crippen molar-refractivity contribution in [3.05, 3.63) is 70.5 Å². The maximum Gasteiger partial charge on any atom is 0.305 e. The molecule has 0 saturated carbocycles. The van der Waals surface area contributed by atoms with Gasteiger partial charge in [-0.25, -0.2) is 4.98 Å². The lowest BCUT2D eigenvalue weighted by molar-refractivity contribution is -0.137. The van der Waals surface area contributed by atoms with Crippen molar-refractivity contribution in [2.75, 3.05) is 0 Å². The summed E-state index contributed by atoms with van der Waals surface area (Å²) in [5, 5.41) is 26.5. The third-order valence-corrected chi connectivity index (χ3v) is 4.32. The van der Waals surface area contributed by atoms with Gasteiger partial charge in [0.2, 0.25) is 5.88 Å². The Hall–Kier alpha value is -3.39. The minimum absolute atomic E-state index is 0.0711. The van der Waals surface area contributed by atoms with Crippen LogP contribution in [0.25, 0.3) is 5.82 Å². The number of nitrogens with zero attached hydrogens (tertiary/aromatic N) is 3. The van der Waals surface area contributed by atoms with Crippen LogP contribution in [0.1, 0.15) is 34.1 Å². The Morgan fingerprint density at radius 3 is 2.64 bits per heavy atom. The third kappa shape index (κ3) is 4.29. The summed E-state index contributed by atoms with van der Waals surface area (Å²) in [5.41, 5.74) is 1.48. The summed E-state index contributed by atoms with van der Waals surface area (Å²) >= 11 is 5.80. The first kappa shape index (κ1) is 19.4. The molecule has 0 bridgehead atoms. The van der Waals surface area contributed by atoms with Gasteiger partial charge in [0.15, 0.2) is 11.5 Å². The second-order valence-corrected chi connectivity index (χ2v) is 6.55. The summed E-state index contributed by atoms with van der Waals surface area (Å²) in [6.45, 7) is 1.84. The zero-order valence-corrected chi connectivity index (χ0v) is 15.6. The highest BCUT2D eigenvalue weighted by molar-refractivity contribution is 6.30. The van der Waals surface area contributed by atoms with Crippen LogP contribution < -0.4 is 5.32 Å². The van der Waals surface area contributed by atoms with E-state index in [9.17, 15) is 19.8 Å². The van der Waals surface area contributed by atoms with E-state index in [-0.39, 0.29) is 23.8 Å². The number of aromatic hydroxyl groups is 1. The van der Waals surface area contributed by atoms with Gasteiger partial charge in [-0.3, -0.25) is 9.59 Å². The Kier molecular flexibility index (Phi) is 5.60. The van der Waals surface area contributed by atoms with Crippen LogP contribution >= 0.6 is 11.6 Å². The van der Waals surface area contributed by atoms with E-state index in [4.69, 9.17) is 11.6 Å². The zero-order valence-electron chi connectivity index (χ0n) is 14.8. The van der Waals surface area contributed by atoms with Gasteiger partial charge in [-0.05, 0) is 30.2 Å². The number of nitrogens with one attached hydrogen (secondary N) is 1. The first-order valence-electron chi connectivity index (χ1n) is 8.34. The average Bonchev–Trinajstić information content (AvgIpc) is 3.04. The maximum absolute atomic E-state index is 12.6. The number of pyridine rings is 1. The smallest absolute Gasteiger partial charge is 0.305 e. The first-order chi connectivity index (χ1) is 13.3. The molecule has 0 fully saturated rings. The molecule has 2 heterocycles. The number of carbonyl (C=O) groups is 2. The molecule has 8 nitrogen and oxygen atoms in total. The summed E-state index contributed by atoms with van der Waals surface area (Å²) in [6.07, 6.45) is 1.10. The van der Waals surface area contributed by atoms with Gasteiger partial charge >= 0.3 is 5.97 Å². The van der Waals surface area contributed by atoms with Crippen molar-refractivity contribution in [1.29, 1.82) is 0 Å². The van der Waals surface area contributed by atoms with E-state index in [2.05, 4.69) is 15.4 Å². The molecule has 2 aromatic heterocycles. The highest BCUT2D eigenvalue weighted by Gasteiger charge is 2.23. The van der Waals surface area contributed by atoms with Crippen LogP contribution in [0.4, 0.5) is 0 Å². The Labute approximate surface area is 165 Å². The fourth-order valence-electron chi connectivity index (χ4n) is 2.77. The van der Waals surface area contributed by atoms with E-state index < -0.39 is 17.9 Å². The largest absolute Gasteiger partial charge is 0.493 e. The van der Waals surface area contributed by atoms with Gasteiger partial charge in [-0.1, -0.05) is 35.9 Å². The Bertz CT molecular complexity index is 1020. The van der Waals surface area contributed by atoms with Gasteiger partial charge in [0.05, 0.1) is 17.5 Å². The van der Waals surface area contributed by atoms with E-state index >= 15 is 0 Å². The zero-order chi connectivity index (χ0) is 20.3. The normalized spacial score (nSPS) is 11.8. The van der Waals surface area contributed by atoms with E-state index in [1.165, 1.54) is 18.3 Å². The topological polar surface area (TPSA) is 117 Å². The lowest BCUT2D eigenvalue weighted by Gasteiger charge is -2.18. The number of aliphatic carboxylic acids is 1. The summed E-state index contributed by atoms with van der Waals surface area (Å²) < 4.78 is 1.09. The van der Waals surface area contributed by atoms with E-state index in [0.29, 0.717) is 10.6 Å². The highest BCUT2D eigenvalue weighted by atomic mass is 35.5. The monoisotopic (exact) mass is 400 g/mol. The maximum atomic E-state index is 12.6. The van der Waals surface area contributed by atoms with Crippen molar-refractivity contribution in [3.63, 3.8) is 0 Å². The van der Waals surface area contributed by atoms with Gasteiger partial charge < -0.3 is 15.5 Å². The molecule has 3 rings (SSSR count). The lowest BCUT2D eigenvalue weighted by Crippen LogP contribution is -2.31. The number of carboxylic acid groups (broad SMARTS) is 1. The van der Waals surface area contributed by atoms with Gasteiger partial charge in [-0.2, -0.15) is 9.78 Å². The van der Waals surface area contributed by atoms with Gasteiger partial charge in [-0.15, -0.1) is 0 Å². The summed E-state index contributed by atoms with van der Waals surface area (Å²) in [6, 6.07) is 10.8. The van der Waals surface area contributed by atoms with Crippen LogP contribution in [0.5, 0.6) is 5.88 Å². The number of amides is 1. The molecule has 0 aliphatic carbocycles. The number of carbonyl (C=O) groups excluding carboxylic acids is 1. The number of aryl methyl sites for hydroxylation is 1. The van der Waals surface area contributed by atoms with Crippen LogP contribution in [0.3, 0.4) is 0 Å². The number of hydrogen-bond acceptors (Lipinski definition) is 5. The average molecular weight is 401 g/mol. The van der Waals surface area contributed by atoms with Crippen LogP contribution in [0.15, 0.2) is 48.7 Å². The molecule has 144 valence electrons. The summed E-state index contributed by atoms with van der Waals surface area (Å²) in [5.74, 6) is -1.67. The number of aromatic nitrogens is 3. The minimum Gasteiger partial charge on any atom is -0.493 e. The van der Waals surface area contributed by atoms with Crippen molar-refractivity contribution in [1.82, 2.24) is 20.1 Å². The molecule has 28 heavy (non-hydrogen) atoms. The second-order valence-electron chi connectivity index (χ2n) is 6.11. The van der Waals surface area contributed by atoms with Crippen molar-refractivity contribution < 1.29 is 19.8 Å². The number of benzene rings is 1. The van der Waals surface area contributed by atoms with E-state index in [1.54, 1.807) is 18.2 Å². The van der Waals surface area contributed by atoms with Crippen LogP contribution in [0.2, 0.25) is 5.02 Å². The van der Waals surface area contributed by atoms with Gasteiger partial charge in [0, 0.05) is 12.3 Å². The van der Waals surface area contributed by atoms with Crippen molar-refractivity contribution in [3.8, 4) is 11.7 Å². The second kappa shape index (κ2) is 8.10.